The number of nitrogens with zero attached hydrogens (tertiary/aromatic N) is 4. The molecule has 0 fully saturated rings. The third-order valence-electron chi connectivity index (χ3n) is 3.09. The van der Waals surface area contributed by atoms with Crippen LogP contribution in [0.25, 0.3) is 5.65 Å². The molecule has 0 unspecified atom stereocenters. The second-order valence-corrected chi connectivity index (χ2v) is 4.57. The van der Waals surface area contributed by atoms with Crippen molar-refractivity contribution in [3.05, 3.63) is 63.3 Å². The van der Waals surface area contributed by atoms with E-state index in [9.17, 15) is 9.59 Å². The average molecular weight is 271 g/mol. The van der Waals surface area contributed by atoms with Crippen molar-refractivity contribution in [3.8, 4) is 0 Å². The molecule has 102 valence electrons. The maximum atomic E-state index is 12.0. The minimum atomic E-state index is -0.495. The molecule has 3 heterocycles. The molecule has 3 rings (SSSR count). The number of pyridine rings is 1. The van der Waals surface area contributed by atoms with Crippen LogP contribution in [0, 0.1) is 0 Å². The van der Waals surface area contributed by atoms with Gasteiger partial charge in [-0.05, 0) is 12.1 Å². The van der Waals surface area contributed by atoms with Gasteiger partial charge in [-0.3, -0.25) is 9.36 Å². The lowest BCUT2D eigenvalue weighted by atomic mass is 10.4. The normalized spacial score (nSPS) is 11.1. The summed E-state index contributed by atoms with van der Waals surface area (Å²) < 4.78 is 4.20. The fraction of sp³-hybridized carbons (Fsp3) is 0.154. The first-order chi connectivity index (χ1) is 9.56. The predicted molar refractivity (Wildman–Crippen MR) is 74.6 cm³/mol. The van der Waals surface area contributed by atoms with Gasteiger partial charge in [0.25, 0.3) is 5.56 Å². The van der Waals surface area contributed by atoms with Crippen LogP contribution in [-0.2, 0) is 13.6 Å². The van der Waals surface area contributed by atoms with Crippen LogP contribution in [0.5, 0.6) is 0 Å². The molecule has 0 aliphatic rings. The smallest absolute Gasteiger partial charge is 0.331 e. The van der Waals surface area contributed by atoms with E-state index in [0.717, 1.165) is 10.2 Å². The van der Waals surface area contributed by atoms with Crippen molar-refractivity contribution in [2.75, 3.05) is 5.73 Å². The number of fused-ring (bicyclic) bond motifs is 1. The Morgan fingerprint density at radius 2 is 2.05 bits per heavy atom. The van der Waals surface area contributed by atoms with Gasteiger partial charge in [-0.2, -0.15) is 0 Å². The van der Waals surface area contributed by atoms with E-state index in [4.69, 9.17) is 5.73 Å². The van der Waals surface area contributed by atoms with E-state index in [1.165, 1.54) is 10.8 Å². The van der Waals surface area contributed by atoms with E-state index in [2.05, 4.69) is 4.98 Å². The molecule has 0 aromatic carbocycles. The first kappa shape index (κ1) is 12.2. The molecule has 0 saturated carbocycles. The first-order valence-corrected chi connectivity index (χ1v) is 6.05. The van der Waals surface area contributed by atoms with Crippen molar-refractivity contribution >= 4 is 11.3 Å². The molecule has 0 bridgehead atoms. The molecule has 0 spiro atoms. The standard InChI is InChI=1S/C13H13N5O2/c1-16-8-10(14)12(19)18(13(16)20)7-9-6-17-5-3-2-4-11(17)15-9/h2-6,8H,7,14H2,1H3. The summed E-state index contributed by atoms with van der Waals surface area (Å²) >= 11 is 0. The zero-order chi connectivity index (χ0) is 14.3. The summed E-state index contributed by atoms with van der Waals surface area (Å²) in [4.78, 5) is 28.3. The number of nitrogen functional groups attached to an aromatic ring is 1. The minimum absolute atomic E-state index is 0.0378. The van der Waals surface area contributed by atoms with Crippen molar-refractivity contribution < 1.29 is 0 Å². The molecule has 20 heavy (non-hydrogen) atoms. The van der Waals surface area contributed by atoms with E-state index in [0.29, 0.717) is 5.69 Å². The third kappa shape index (κ3) is 1.89. The Morgan fingerprint density at radius 3 is 2.80 bits per heavy atom. The fourth-order valence-corrected chi connectivity index (χ4v) is 2.12. The monoisotopic (exact) mass is 271 g/mol. The van der Waals surface area contributed by atoms with Crippen molar-refractivity contribution in [3.63, 3.8) is 0 Å². The van der Waals surface area contributed by atoms with Crippen molar-refractivity contribution in [2.24, 2.45) is 7.05 Å². The van der Waals surface area contributed by atoms with Crippen LogP contribution in [0.15, 0.2) is 46.4 Å². The lowest BCUT2D eigenvalue weighted by molar-refractivity contribution is 0.636. The van der Waals surface area contributed by atoms with E-state index in [-0.39, 0.29) is 12.2 Å². The van der Waals surface area contributed by atoms with Crippen LogP contribution < -0.4 is 17.0 Å². The summed E-state index contributed by atoms with van der Waals surface area (Å²) in [5, 5.41) is 0. The Balaban J connectivity index is 2.12. The van der Waals surface area contributed by atoms with Crippen molar-refractivity contribution in [1.82, 2.24) is 18.5 Å². The number of anilines is 1. The van der Waals surface area contributed by atoms with Gasteiger partial charge in [-0.25, -0.2) is 9.78 Å². The molecule has 0 saturated heterocycles. The molecule has 7 heteroatoms. The molecule has 3 aromatic rings. The molecule has 0 amide bonds. The van der Waals surface area contributed by atoms with Crippen LogP contribution in [0.4, 0.5) is 5.69 Å². The molecule has 3 aromatic heterocycles. The largest absolute Gasteiger partial charge is 0.393 e. The Kier molecular flexibility index (Phi) is 2.67. The summed E-state index contributed by atoms with van der Waals surface area (Å²) in [5.74, 6) is 0. The van der Waals surface area contributed by atoms with Gasteiger partial charge in [0.05, 0.1) is 12.2 Å². The molecule has 0 aliphatic carbocycles. The highest BCUT2D eigenvalue weighted by atomic mass is 16.2. The zero-order valence-electron chi connectivity index (χ0n) is 10.9. The SMILES string of the molecule is Cn1cc(N)c(=O)n(Cc2cn3ccccc3n2)c1=O. The molecular formula is C13H13N5O2. The second-order valence-electron chi connectivity index (χ2n) is 4.57. The summed E-state index contributed by atoms with van der Waals surface area (Å²) in [6.07, 6.45) is 4.96. The number of hydrogen-bond donors (Lipinski definition) is 1. The minimum Gasteiger partial charge on any atom is -0.393 e. The fourth-order valence-electron chi connectivity index (χ4n) is 2.12. The Bertz CT molecular complexity index is 836. The summed E-state index contributed by atoms with van der Waals surface area (Å²) in [6, 6.07) is 5.60. The number of rotatable bonds is 2. The van der Waals surface area contributed by atoms with E-state index >= 15 is 0 Å². The summed E-state index contributed by atoms with van der Waals surface area (Å²) in [6.45, 7) is 0.0955. The average Bonchev–Trinajstić information content (AvgIpc) is 2.84. The summed E-state index contributed by atoms with van der Waals surface area (Å²) in [7, 11) is 1.55. The van der Waals surface area contributed by atoms with Crippen LogP contribution in [0.2, 0.25) is 0 Å². The maximum absolute atomic E-state index is 12.0. The van der Waals surface area contributed by atoms with Gasteiger partial charge in [-0.1, -0.05) is 6.07 Å². The molecule has 0 aliphatic heterocycles. The third-order valence-corrected chi connectivity index (χ3v) is 3.09. The van der Waals surface area contributed by atoms with Gasteiger partial charge in [0.2, 0.25) is 0 Å². The number of aryl methyl sites for hydroxylation is 1. The highest BCUT2D eigenvalue weighted by Gasteiger charge is 2.10. The van der Waals surface area contributed by atoms with E-state index in [1.54, 1.807) is 13.2 Å². The van der Waals surface area contributed by atoms with Crippen LogP contribution in [0.1, 0.15) is 5.69 Å². The number of aromatic nitrogens is 4. The van der Waals surface area contributed by atoms with Gasteiger partial charge in [-0.15, -0.1) is 0 Å². The molecular weight excluding hydrogens is 258 g/mol. The molecule has 7 nitrogen and oxygen atoms in total. The Hall–Kier alpha value is -2.83. The predicted octanol–water partition coefficient (Wildman–Crippen LogP) is -0.175. The van der Waals surface area contributed by atoms with Gasteiger partial charge >= 0.3 is 5.69 Å². The van der Waals surface area contributed by atoms with Crippen LogP contribution in [-0.4, -0.2) is 18.5 Å². The summed E-state index contributed by atoms with van der Waals surface area (Å²) in [5.41, 5.74) is 6.11. The zero-order valence-corrected chi connectivity index (χ0v) is 10.9. The topological polar surface area (TPSA) is 87.3 Å². The van der Waals surface area contributed by atoms with Gasteiger partial charge in [0, 0.05) is 25.6 Å². The van der Waals surface area contributed by atoms with Gasteiger partial charge in [0.1, 0.15) is 11.3 Å². The molecule has 0 radical (unpaired) electrons. The van der Waals surface area contributed by atoms with E-state index in [1.807, 2.05) is 28.8 Å². The van der Waals surface area contributed by atoms with Crippen LogP contribution in [0.3, 0.4) is 0 Å². The highest BCUT2D eigenvalue weighted by molar-refractivity contribution is 5.39. The van der Waals surface area contributed by atoms with Crippen molar-refractivity contribution in [2.45, 2.75) is 6.54 Å². The highest BCUT2D eigenvalue weighted by Crippen LogP contribution is 2.05. The lowest BCUT2D eigenvalue weighted by Gasteiger charge is -2.06. The maximum Gasteiger partial charge on any atom is 0.331 e. The first-order valence-electron chi connectivity index (χ1n) is 6.05. The van der Waals surface area contributed by atoms with Crippen LogP contribution >= 0.6 is 0 Å². The van der Waals surface area contributed by atoms with Gasteiger partial charge < -0.3 is 14.7 Å². The van der Waals surface area contributed by atoms with Gasteiger partial charge in [0.15, 0.2) is 0 Å². The quantitative estimate of drug-likeness (QED) is 0.700. The number of imidazole rings is 1. The molecule has 2 N–H and O–H groups in total. The molecule has 0 atom stereocenters. The van der Waals surface area contributed by atoms with Crippen molar-refractivity contribution in [1.29, 1.82) is 0 Å². The lowest BCUT2D eigenvalue weighted by Crippen LogP contribution is -2.40. The number of nitrogens with two attached hydrogens (primary N) is 1. The Morgan fingerprint density at radius 1 is 1.25 bits per heavy atom. The Labute approximate surface area is 113 Å². The number of hydrogen-bond acceptors (Lipinski definition) is 4. The van der Waals surface area contributed by atoms with E-state index < -0.39 is 11.2 Å². The second kappa shape index (κ2) is 4.37.